The van der Waals surface area contributed by atoms with Gasteiger partial charge in [0.15, 0.2) is 5.11 Å². The Morgan fingerprint density at radius 2 is 1.85 bits per heavy atom. The molecule has 1 aliphatic heterocycles. The van der Waals surface area contributed by atoms with Crippen LogP contribution in [0.15, 0.2) is 60.8 Å². The number of rotatable bonds is 3. The van der Waals surface area contributed by atoms with Crippen LogP contribution in [0.4, 0.5) is 10.1 Å². The van der Waals surface area contributed by atoms with Gasteiger partial charge in [-0.05, 0) is 55.5 Å². The van der Waals surface area contributed by atoms with Crippen LogP contribution in [0, 0.1) is 12.7 Å². The second kappa shape index (κ2) is 6.53. The molecule has 0 bridgehead atoms. The van der Waals surface area contributed by atoms with Gasteiger partial charge in [0.25, 0.3) is 0 Å². The smallest absolute Gasteiger partial charge is 0.174 e. The maximum Gasteiger partial charge on any atom is 0.174 e. The number of benzene rings is 1. The largest absolute Gasteiger partial charge is 0.351 e. The molecule has 0 radical (unpaired) electrons. The number of nitrogens with zero attached hydrogens (tertiary/aromatic N) is 3. The Hall–Kier alpha value is -2.73. The van der Waals surface area contributed by atoms with E-state index in [1.165, 1.54) is 6.07 Å². The first-order chi connectivity index (χ1) is 12.6. The third-order valence-corrected chi connectivity index (χ3v) is 5.24. The summed E-state index contributed by atoms with van der Waals surface area (Å²) in [5.74, 6) is -0.297. The Labute approximate surface area is 157 Å². The van der Waals surface area contributed by atoms with Gasteiger partial charge in [-0.15, -0.1) is 0 Å². The lowest BCUT2D eigenvalue weighted by Crippen LogP contribution is -2.31. The lowest BCUT2D eigenvalue weighted by atomic mass is 10.0. The first kappa shape index (κ1) is 16.7. The first-order valence-corrected chi connectivity index (χ1v) is 8.86. The summed E-state index contributed by atoms with van der Waals surface area (Å²) >= 11 is 5.60. The second-order valence-electron chi connectivity index (χ2n) is 6.41. The van der Waals surface area contributed by atoms with Crippen LogP contribution in [0.2, 0.25) is 0 Å². The van der Waals surface area contributed by atoms with E-state index in [0.717, 1.165) is 17.1 Å². The average Bonchev–Trinajstić information content (AvgIpc) is 3.16. The molecule has 4 nitrogen and oxygen atoms in total. The summed E-state index contributed by atoms with van der Waals surface area (Å²) in [7, 11) is 2.01. The van der Waals surface area contributed by atoms with Crippen LogP contribution in [-0.2, 0) is 7.05 Å². The summed E-state index contributed by atoms with van der Waals surface area (Å²) in [6.07, 6.45) is 1.76. The Morgan fingerprint density at radius 1 is 1.08 bits per heavy atom. The summed E-state index contributed by atoms with van der Waals surface area (Å²) in [4.78, 5) is 6.37. The molecule has 3 aromatic rings. The van der Waals surface area contributed by atoms with Crippen LogP contribution in [0.1, 0.15) is 29.2 Å². The molecule has 2 atom stereocenters. The summed E-state index contributed by atoms with van der Waals surface area (Å²) in [5.41, 5.74) is 3.52. The molecule has 1 N–H and O–H groups in total. The molecule has 1 saturated heterocycles. The van der Waals surface area contributed by atoms with Crippen LogP contribution < -0.4 is 10.2 Å². The van der Waals surface area contributed by atoms with Crippen molar-refractivity contribution < 1.29 is 4.39 Å². The van der Waals surface area contributed by atoms with E-state index in [2.05, 4.69) is 27.0 Å². The number of aromatic nitrogens is 2. The van der Waals surface area contributed by atoms with Crippen molar-refractivity contribution in [2.24, 2.45) is 7.05 Å². The fourth-order valence-electron chi connectivity index (χ4n) is 3.49. The third kappa shape index (κ3) is 2.66. The molecule has 6 heteroatoms. The van der Waals surface area contributed by atoms with Crippen LogP contribution >= 0.6 is 12.2 Å². The summed E-state index contributed by atoms with van der Waals surface area (Å²) in [6, 6.07) is 16.3. The predicted molar refractivity (Wildman–Crippen MR) is 104 cm³/mol. The summed E-state index contributed by atoms with van der Waals surface area (Å²) in [5, 5.41) is 3.84. The molecule has 26 heavy (non-hydrogen) atoms. The Morgan fingerprint density at radius 3 is 2.50 bits per heavy atom. The molecule has 0 amide bonds. The highest BCUT2D eigenvalue weighted by atomic mass is 32.1. The number of anilines is 1. The van der Waals surface area contributed by atoms with Crippen molar-refractivity contribution in [1.29, 1.82) is 0 Å². The van der Waals surface area contributed by atoms with Gasteiger partial charge in [-0.25, -0.2) is 4.39 Å². The van der Waals surface area contributed by atoms with Gasteiger partial charge in [-0.3, -0.25) is 4.98 Å². The van der Waals surface area contributed by atoms with Crippen LogP contribution in [0.25, 0.3) is 0 Å². The van der Waals surface area contributed by atoms with E-state index in [9.17, 15) is 4.39 Å². The molecule has 2 aromatic heterocycles. The van der Waals surface area contributed by atoms with Crippen LogP contribution in [0.5, 0.6) is 0 Å². The Bertz CT molecular complexity index is 953. The SMILES string of the molecule is Cc1ccc([C@H]2[C@@H](c3ccccn3)NC(=S)N2c2ccccc2F)n1C. The van der Waals surface area contributed by atoms with Crippen molar-refractivity contribution in [3.8, 4) is 0 Å². The van der Waals surface area contributed by atoms with E-state index < -0.39 is 0 Å². The van der Waals surface area contributed by atoms with Crippen molar-refractivity contribution in [3.63, 3.8) is 0 Å². The highest BCUT2D eigenvalue weighted by molar-refractivity contribution is 7.80. The molecular formula is C20H19FN4S. The number of hydrogen-bond acceptors (Lipinski definition) is 2. The Kier molecular flexibility index (Phi) is 4.20. The molecule has 3 heterocycles. The molecule has 0 spiro atoms. The maximum atomic E-state index is 14.6. The minimum atomic E-state index is -0.297. The normalized spacial score (nSPS) is 19.7. The third-order valence-electron chi connectivity index (χ3n) is 4.92. The van der Waals surface area contributed by atoms with Crippen LogP contribution in [0.3, 0.4) is 0 Å². The summed E-state index contributed by atoms with van der Waals surface area (Å²) < 4.78 is 16.7. The highest BCUT2D eigenvalue weighted by Gasteiger charge is 2.42. The molecule has 0 saturated carbocycles. The monoisotopic (exact) mass is 366 g/mol. The van der Waals surface area contributed by atoms with Crippen molar-refractivity contribution >= 4 is 23.0 Å². The van der Waals surface area contributed by atoms with Gasteiger partial charge in [0, 0.05) is 24.6 Å². The number of halogens is 1. The average molecular weight is 366 g/mol. The predicted octanol–water partition coefficient (Wildman–Crippen LogP) is 4.04. The maximum absolute atomic E-state index is 14.6. The van der Waals surface area contributed by atoms with E-state index in [4.69, 9.17) is 12.2 Å². The minimum Gasteiger partial charge on any atom is -0.351 e. The molecular weight excluding hydrogens is 347 g/mol. The van der Waals surface area contributed by atoms with Crippen molar-refractivity contribution in [1.82, 2.24) is 14.9 Å². The number of hydrogen-bond donors (Lipinski definition) is 1. The zero-order chi connectivity index (χ0) is 18.3. The Balaban J connectivity index is 1.89. The molecule has 4 rings (SSSR count). The first-order valence-electron chi connectivity index (χ1n) is 8.45. The standard InChI is InChI=1S/C20H19FN4S/c1-13-10-11-17(24(13)2)19-18(15-8-5-6-12-22-15)23-20(26)25(19)16-9-4-3-7-14(16)21/h3-12,18-19H,1-2H3,(H,23,26)/t18-,19+/m1/s1. The molecule has 0 aliphatic carbocycles. The quantitative estimate of drug-likeness (QED) is 0.709. The van der Waals surface area contributed by atoms with Gasteiger partial charge >= 0.3 is 0 Å². The van der Waals surface area contributed by atoms with Gasteiger partial charge < -0.3 is 14.8 Å². The minimum absolute atomic E-state index is 0.170. The van der Waals surface area contributed by atoms with Gasteiger partial charge in [-0.1, -0.05) is 18.2 Å². The number of nitrogens with one attached hydrogen (secondary N) is 1. The van der Waals surface area contributed by atoms with E-state index in [-0.39, 0.29) is 17.9 Å². The number of pyridine rings is 1. The van der Waals surface area contributed by atoms with E-state index in [0.29, 0.717) is 10.8 Å². The molecule has 1 aromatic carbocycles. The lowest BCUT2D eigenvalue weighted by molar-refractivity contribution is 0.532. The van der Waals surface area contributed by atoms with Crippen molar-refractivity contribution in [3.05, 3.63) is 83.7 Å². The topological polar surface area (TPSA) is 33.1 Å². The van der Waals surface area contributed by atoms with Crippen molar-refractivity contribution in [2.45, 2.75) is 19.0 Å². The number of thiocarbonyl (C=S) groups is 1. The molecule has 132 valence electrons. The number of para-hydroxylation sites is 1. The van der Waals surface area contributed by atoms with Gasteiger partial charge in [0.2, 0.25) is 0 Å². The zero-order valence-electron chi connectivity index (χ0n) is 14.6. The van der Waals surface area contributed by atoms with Gasteiger partial charge in [0.1, 0.15) is 11.9 Å². The lowest BCUT2D eigenvalue weighted by Gasteiger charge is -2.28. The fraction of sp³-hybridized carbons (Fsp3) is 0.200. The fourth-order valence-corrected chi connectivity index (χ4v) is 3.83. The van der Waals surface area contributed by atoms with E-state index >= 15 is 0 Å². The molecule has 1 fully saturated rings. The summed E-state index contributed by atoms with van der Waals surface area (Å²) in [6.45, 7) is 2.05. The number of aryl methyl sites for hydroxylation is 1. The second-order valence-corrected chi connectivity index (χ2v) is 6.79. The van der Waals surface area contributed by atoms with E-state index in [1.54, 1.807) is 18.3 Å². The highest BCUT2D eigenvalue weighted by Crippen LogP contribution is 2.42. The molecule has 0 unspecified atom stereocenters. The zero-order valence-corrected chi connectivity index (χ0v) is 15.4. The van der Waals surface area contributed by atoms with Gasteiger partial charge in [-0.2, -0.15) is 0 Å². The van der Waals surface area contributed by atoms with Crippen molar-refractivity contribution in [2.75, 3.05) is 4.90 Å². The van der Waals surface area contributed by atoms with Crippen LogP contribution in [-0.4, -0.2) is 14.7 Å². The van der Waals surface area contributed by atoms with Gasteiger partial charge in [0.05, 0.1) is 17.4 Å². The van der Waals surface area contributed by atoms with E-state index in [1.807, 2.05) is 43.1 Å². The molecule has 1 aliphatic rings.